The third-order valence-electron chi connectivity index (χ3n) is 3.52. The molecule has 0 aliphatic heterocycles. The second-order valence-electron chi connectivity index (χ2n) is 6.56. The van der Waals surface area contributed by atoms with Gasteiger partial charge in [0.15, 0.2) is 0 Å². The molecule has 0 saturated heterocycles. The van der Waals surface area contributed by atoms with Crippen molar-refractivity contribution < 1.29 is 5.11 Å². The van der Waals surface area contributed by atoms with E-state index in [4.69, 9.17) is 0 Å². The van der Waals surface area contributed by atoms with Crippen molar-refractivity contribution in [1.82, 2.24) is 0 Å². The first-order valence-corrected chi connectivity index (χ1v) is 10.6. The van der Waals surface area contributed by atoms with E-state index in [0.717, 1.165) is 24.8 Å². The second-order valence-corrected chi connectivity index (χ2v) is 12.0. The highest BCUT2D eigenvalue weighted by atomic mass is 28.3. The monoisotopic (exact) mass is 260 g/mol. The summed E-state index contributed by atoms with van der Waals surface area (Å²) < 4.78 is 0. The van der Waals surface area contributed by atoms with Gasteiger partial charge in [-0.15, -0.1) is 0 Å². The van der Waals surface area contributed by atoms with Gasteiger partial charge in [0.2, 0.25) is 0 Å². The second kappa shape index (κ2) is 5.41. The fourth-order valence-electron chi connectivity index (χ4n) is 2.72. The predicted molar refractivity (Wildman–Crippen MR) is 80.6 cm³/mol. The lowest BCUT2D eigenvalue weighted by molar-refractivity contribution is 0.166. The van der Waals surface area contributed by atoms with Crippen molar-refractivity contribution in [1.29, 1.82) is 0 Å². The van der Waals surface area contributed by atoms with Gasteiger partial charge >= 0.3 is 0 Å². The maximum absolute atomic E-state index is 10.3. The van der Waals surface area contributed by atoms with E-state index < -0.39 is 8.07 Å². The van der Waals surface area contributed by atoms with Crippen LogP contribution in [0.1, 0.15) is 30.1 Å². The zero-order valence-corrected chi connectivity index (χ0v) is 12.7. The Balaban J connectivity index is 2.22. The summed E-state index contributed by atoms with van der Waals surface area (Å²) in [7, 11) is -1.05. The minimum atomic E-state index is -1.05. The molecule has 18 heavy (non-hydrogen) atoms. The van der Waals surface area contributed by atoms with E-state index in [1.807, 2.05) is 6.07 Å². The van der Waals surface area contributed by atoms with E-state index in [-0.39, 0.29) is 6.10 Å². The predicted octanol–water partition coefficient (Wildman–Crippen LogP) is 4.32. The largest absolute Gasteiger partial charge is 0.388 e. The van der Waals surface area contributed by atoms with E-state index in [2.05, 4.69) is 43.9 Å². The van der Waals surface area contributed by atoms with Gasteiger partial charge in [0.05, 0.1) is 6.10 Å². The summed E-state index contributed by atoms with van der Waals surface area (Å²) >= 11 is 0. The number of hydrogen-bond donors (Lipinski definition) is 1. The summed E-state index contributed by atoms with van der Waals surface area (Å²) in [5, 5.41) is 10.3. The van der Waals surface area contributed by atoms with Crippen molar-refractivity contribution in [2.75, 3.05) is 0 Å². The Kier molecular flexibility index (Phi) is 4.08. The van der Waals surface area contributed by atoms with E-state index in [9.17, 15) is 5.11 Å². The highest BCUT2D eigenvalue weighted by Crippen LogP contribution is 2.30. The van der Waals surface area contributed by atoms with Crippen molar-refractivity contribution in [2.24, 2.45) is 0 Å². The Bertz CT molecular complexity index is 443. The lowest BCUT2D eigenvalue weighted by Crippen LogP contribution is -2.20. The number of fused-ring (bicyclic) bond motifs is 1. The molecule has 2 heteroatoms. The quantitative estimate of drug-likeness (QED) is 0.620. The van der Waals surface area contributed by atoms with Crippen molar-refractivity contribution in [3.05, 3.63) is 47.0 Å². The molecular weight excluding hydrogens is 236 g/mol. The third-order valence-corrected chi connectivity index (χ3v) is 5.04. The first-order valence-electron chi connectivity index (χ1n) is 6.89. The first-order chi connectivity index (χ1) is 8.46. The van der Waals surface area contributed by atoms with E-state index >= 15 is 0 Å². The first kappa shape index (κ1) is 13.6. The van der Waals surface area contributed by atoms with Crippen LogP contribution in [0.3, 0.4) is 0 Å². The highest BCUT2D eigenvalue weighted by Gasteiger charge is 2.19. The molecule has 1 atom stereocenters. The van der Waals surface area contributed by atoms with Crippen molar-refractivity contribution in [3.8, 4) is 0 Å². The van der Waals surface area contributed by atoms with Crippen LogP contribution in [0.2, 0.25) is 25.7 Å². The molecule has 1 aromatic rings. The Hall–Kier alpha value is -0.863. The highest BCUT2D eigenvalue weighted by molar-refractivity contribution is 6.76. The van der Waals surface area contributed by atoms with Gasteiger partial charge in [-0.3, -0.25) is 0 Å². The maximum Gasteiger partial charge on any atom is 0.0795 e. The smallest absolute Gasteiger partial charge is 0.0795 e. The third kappa shape index (κ3) is 3.56. The number of aliphatic hydroxyl groups is 1. The van der Waals surface area contributed by atoms with E-state index in [0.29, 0.717) is 0 Å². The van der Waals surface area contributed by atoms with E-state index in [1.165, 1.54) is 11.6 Å². The van der Waals surface area contributed by atoms with Crippen molar-refractivity contribution in [2.45, 2.75) is 51.1 Å². The van der Waals surface area contributed by atoms with Crippen LogP contribution < -0.4 is 0 Å². The molecule has 0 amide bonds. The van der Waals surface area contributed by atoms with Gasteiger partial charge in [-0.2, -0.15) is 0 Å². The number of allylic oxidation sites excluding steroid dienone is 2. The number of rotatable bonds is 2. The van der Waals surface area contributed by atoms with Gasteiger partial charge in [0.25, 0.3) is 0 Å². The lowest BCUT2D eigenvalue weighted by atomic mass is 9.92. The molecule has 0 saturated carbocycles. The molecule has 1 nitrogen and oxygen atoms in total. The van der Waals surface area contributed by atoms with Crippen LogP contribution in [0, 0.1) is 0 Å². The van der Waals surface area contributed by atoms with Crippen molar-refractivity contribution >= 4 is 8.07 Å². The molecule has 0 aromatic heterocycles. The van der Waals surface area contributed by atoms with Crippen LogP contribution in [0.25, 0.3) is 0 Å². The Morgan fingerprint density at radius 1 is 1.22 bits per heavy atom. The minimum absolute atomic E-state index is 0.286. The van der Waals surface area contributed by atoms with Crippen LogP contribution in [0.15, 0.2) is 35.9 Å². The maximum atomic E-state index is 10.3. The average molecular weight is 260 g/mol. The summed E-state index contributed by atoms with van der Waals surface area (Å²) in [5.41, 5.74) is 3.97. The fraction of sp³-hybridized carbons (Fsp3) is 0.500. The van der Waals surface area contributed by atoms with Crippen molar-refractivity contribution in [3.63, 3.8) is 0 Å². The number of hydrogen-bond acceptors (Lipinski definition) is 1. The van der Waals surface area contributed by atoms with Gasteiger partial charge in [-0.1, -0.05) is 55.6 Å². The average Bonchev–Trinajstić information content (AvgIpc) is 2.29. The number of benzene rings is 1. The van der Waals surface area contributed by atoms with Gasteiger partial charge in [0.1, 0.15) is 0 Å². The van der Waals surface area contributed by atoms with Gasteiger partial charge in [-0.25, -0.2) is 0 Å². The summed E-state index contributed by atoms with van der Waals surface area (Å²) in [6, 6.07) is 9.57. The molecule has 1 N–H and O–H groups in total. The minimum Gasteiger partial charge on any atom is -0.388 e. The van der Waals surface area contributed by atoms with Crippen LogP contribution in [0.4, 0.5) is 0 Å². The molecular formula is C16H24OSi. The molecule has 1 aromatic carbocycles. The molecule has 1 aliphatic rings. The molecule has 0 radical (unpaired) electrons. The summed E-state index contributed by atoms with van der Waals surface area (Å²) in [6.45, 7) is 7.24. The molecule has 1 unspecified atom stereocenters. The molecule has 98 valence electrons. The SMILES string of the molecule is C[Si](C)(C)C/C1=C/Cc2ccccc2C(O)CC1. The molecule has 1 aliphatic carbocycles. The van der Waals surface area contributed by atoms with Crippen LogP contribution in [-0.4, -0.2) is 13.2 Å². The standard InChI is InChI=1S/C16H24OSi/c1-18(2,3)12-13-8-10-14-6-4-5-7-15(14)16(17)11-9-13/h4-8,16-17H,9-12H2,1-3H3/b13-8+. The Labute approximate surface area is 112 Å². The van der Waals surface area contributed by atoms with Crippen LogP contribution in [0.5, 0.6) is 0 Å². The summed E-state index contributed by atoms with van der Waals surface area (Å²) in [6.07, 6.45) is 5.02. The molecule has 0 spiro atoms. The molecule has 0 heterocycles. The zero-order valence-electron chi connectivity index (χ0n) is 11.7. The number of aliphatic hydroxyl groups excluding tert-OH is 1. The topological polar surface area (TPSA) is 20.2 Å². The summed E-state index contributed by atoms with van der Waals surface area (Å²) in [4.78, 5) is 0. The van der Waals surface area contributed by atoms with Crippen LogP contribution in [-0.2, 0) is 6.42 Å². The Morgan fingerprint density at radius 3 is 2.67 bits per heavy atom. The molecule has 2 rings (SSSR count). The molecule has 0 fully saturated rings. The normalized spacial score (nSPS) is 23.6. The Morgan fingerprint density at radius 2 is 1.94 bits per heavy atom. The van der Waals surface area contributed by atoms with Crippen LogP contribution >= 0.6 is 0 Å². The zero-order chi connectivity index (χ0) is 13.2. The van der Waals surface area contributed by atoms with Gasteiger partial charge in [-0.05, 0) is 36.4 Å². The van der Waals surface area contributed by atoms with Gasteiger partial charge < -0.3 is 5.11 Å². The van der Waals surface area contributed by atoms with E-state index in [1.54, 1.807) is 5.57 Å². The van der Waals surface area contributed by atoms with Gasteiger partial charge in [0, 0.05) is 8.07 Å². The fourth-order valence-corrected chi connectivity index (χ4v) is 4.40. The summed E-state index contributed by atoms with van der Waals surface area (Å²) in [5.74, 6) is 0. The molecule has 0 bridgehead atoms. The lowest BCUT2D eigenvalue weighted by Gasteiger charge is -2.23.